The van der Waals surface area contributed by atoms with E-state index in [0.717, 1.165) is 26.0 Å². The lowest BCUT2D eigenvalue weighted by Gasteiger charge is -2.17. The number of benzene rings is 2. The van der Waals surface area contributed by atoms with E-state index in [1.165, 1.54) is 14.1 Å². The molecule has 8 nitrogen and oxygen atoms in total. The van der Waals surface area contributed by atoms with Crippen LogP contribution in [0.25, 0.3) is 0 Å². The molecule has 0 aliphatic heterocycles. The molecule has 1 atom stereocenters. The Bertz CT molecular complexity index is 1160. The Morgan fingerprint density at radius 1 is 1.00 bits per heavy atom. The fourth-order valence-corrected chi connectivity index (χ4v) is 3.39. The van der Waals surface area contributed by atoms with Crippen molar-refractivity contribution in [2.45, 2.75) is 6.04 Å². The van der Waals surface area contributed by atoms with Crippen LogP contribution in [-0.4, -0.2) is 28.6 Å². The molecule has 0 bridgehead atoms. The smallest absolute Gasteiger partial charge is 0.332 e. The molecule has 156 valence electrons. The second-order valence-electron chi connectivity index (χ2n) is 6.99. The van der Waals surface area contributed by atoms with Gasteiger partial charge in [-0.2, -0.15) is 0 Å². The highest BCUT2D eigenvalue weighted by Crippen LogP contribution is 2.21. The number of aromatic nitrogens is 2. The standard InChI is InChI=1S/C22H24N4O4/c1-25-20(23)18(21(28)26(2)22(25)29)17(27)13-24-19(14-7-5-4-6-8-14)15-9-11-16(30-3)12-10-15/h4-12,19,24H,13,23H2,1-3H3/p+1/t19-/m0/s1. The van der Waals surface area contributed by atoms with E-state index in [1.54, 1.807) is 7.11 Å². The summed E-state index contributed by atoms with van der Waals surface area (Å²) in [5, 5.41) is 1.85. The number of carbonyl (C=O) groups excluding carboxylic acids is 1. The van der Waals surface area contributed by atoms with Crippen LogP contribution in [0.4, 0.5) is 5.82 Å². The highest BCUT2D eigenvalue weighted by molar-refractivity contribution is 6.00. The number of nitrogen functional groups attached to an aromatic ring is 1. The lowest BCUT2D eigenvalue weighted by Crippen LogP contribution is -2.87. The third-order valence-corrected chi connectivity index (χ3v) is 5.16. The molecule has 0 aliphatic rings. The van der Waals surface area contributed by atoms with Crippen LogP contribution >= 0.6 is 0 Å². The van der Waals surface area contributed by atoms with Crippen molar-refractivity contribution in [3.8, 4) is 5.75 Å². The quantitative estimate of drug-likeness (QED) is 0.542. The van der Waals surface area contributed by atoms with Gasteiger partial charge in [0.25, 0.3) is 5.56 Å². The fraction of sp³-hybridized carbons (Fsp3) is 0.227. The monoisotopic (exact) mass is 409 g/mol. The van der Waals surface area contributed by atoms with Crippen molar-refractivity contribution in [1.29, 1.82) is 0 Å². The molecule has 0 amide bonds. The number of carbonyl (C=O) groups is 1. The maximum atomic E-state index is 12.9. The minimum absolute atomic E-state index is 0.0107. The number of hydrogen-bond acceptors (Lipinski definition) is 5. The zero-order valence-corrected chi connectivity index (χ0v) is 17.2. The van der Waals surface area contributed by atoms with Crippen LogP contribution in [0.3, 0.4) is 0 Å². The average molecular weight is 409 g/mol. The molecule has 4 N–H and O–H groups in total. The molecule has 8 heteroatoms. The molecule has 0 aliphatic carbocycles. The van der Waals surface area contributed by atoms with Crippen molar-refractivity contribution in [3.63, 3.8) is 0 Å². The van der Waals surface area contributed by atoms with Crippen molar-refractivity contribution in [2.24, 2.45) is 14.1 Å². The van der Waals surface area contributed by atoms with Gasteiger partial charge in [0.05, 0.1) is 7.11 Å². The third kappa shape index (κ3) is 4.04. The zero-order valence-electron chi connectivity index (χ0n) is 17.2. The number of hydrogen-bond donors (Lipinski definition) is 2. The van der Waals surface area contributed by atoms with E-state index in [-0.39, 0.29) is 24.0 Å². The van der Waals surface area contributed by atoms with Crippen LogP contribution in [0.5, 0.6) is 5.75 Å². The Hall–Kier alpha value is -3.65. The highest BCUT2D eigenvalue weighted by atomic mass is 16.5. The van der Waals surface area contributed by atoms with Crippen LogP contribution < -0.4 is 27.0 Å². The van der Waals surface area contributed by atoms with E-state index in [1.807, 2.05) is 59.9 Å². The Morgan fingerprint density at radius 3 is 2.20 bits per heavy atom. The van der Waals surface area contributed by atoms with Gasteiger partial charge in [-0.25, -0.2) is 4.79 Å². The summed E-state index contributed by atoms with van der Waals surface area (Å²) in [4.78, 5) is 37.4. The first-order valence-corrected chi connectivity index (χ1v) is 9.46. The zero-order chi connectivity index (χ0) is 21.8. The second-order valence-corrected chi connectivity index (χ2v) is 6.99. The van der Waals surface area contributed by atoms with Crippen LogP contribution in [-0.2, 0) is 14.1 Å². The van der Waals surface area contributed by atoms with Crippen molar-refractivity contribution in [1.82, 2.24) is 9.13 Å². The molecule has 0 saturated carbocycles. The number of methoxy groups -OCH3 is 1. The van der Waals surface area contributed by atoms with Gasteiger partial charge >= 0.3 is 5.69 Å². The maximum Gasteiger partial charge on any atom is 0.332 e. The van der Waals surface area contributed by atoms with Gasteiger partial charge in [0.1, 0.15) is 29.7 Å². The Morgan fingerprint density at radius 2 is 1.60 bits per heavy atom. The summed E-state index contributed by atoms with van der Waals surface area (Å²) in [6.45, 7) is -0.0107. The van der Waals surface area contributed by atoms with Gasteiger partial charge in [0.2, 0.25) is 5.78 Å². The summed E-state index contributed by atoms with van der Waals surface area (Å²) in [5.41, 5.74) is 6.48. The summed E-state index contributed by atoms with van der Waals surface area (Å²) in [6.07, 6.45) is 0. The summed E-state index contributed by atoms with van der Waals surface area (Å²) < 4.78 is 7.22. The molecule has 1 heterocycles. The normalized spacial score (nSPS) is 11.8. The summed E-state index contributed by atoms with van der Waals surface area (Å²) >= 11 is 0. The summed E-state index contributed by atoms with van der Waals surface area (Å²) in [7, 11) is 4.36. The van der Waals surface area contributed by atoms with E-state index in [2.05, 4.69) is 0 Å². The highest BCUT2D eigenvalue weighted by Gasteiger charge is 2.24. The first-order valence-electron chi connectivity index (χ1n) is 9.46. The number of rotatable bonds is 7. The van der Waals surface area contributed by atoms with E-state index in [0.29, 0.717) is 0 Å². The predicted molar refractivity (Wildman–Crippen MR) is 114 cm³/mol. The number of anilines is 1. The van der Waals surface area contributed by atoms with Crippen LogP contribution in [0.1, 0.15) is 27.5 Å². The Labute approximate surface area is 173 Å². The maximum absolute atomic E-state index is 12.9. The van der Waals surface area contributed by atoms with E-state index >= 15 is 0 Å². The molecule has 30 heavy (non-hydrogen) atoms. The van der Waals surface area contributed by atoms with Crippen molar-refractivity contribution in [3.05, 3.63) is 92.1 Å². The van der Waals surface area contributed by atoms with Gasteiger partial charge in [-0.1, -0.05) is 30.3 Å². The Kier molecular flexibility index (Phi) is 6.17. The number of nitrogens with two attached hydrogens (primary N) is 2. The van der Waals surface area contributed by atoms with Crippen molar-refractivity contribution < 1.29 is 14.8 Å². The van der Waals surface area contributed by atoms with Gasteiger partial charge in [0.15, 0.2) is 0 Å². The lowest BCUT2D eigenvalue weighted by atomic mass is 9.98. The molecule has 1 aromatic heterocycles. The number of quaternary nitrogens is 1. The molecule has 2 aromatic carbocycles. The Balaban J connectivity index is 1.92. The lowest BCUT2D eigenvalue weighted by molar-refractivity contribution is -0.675. The molecule has 0 unspecified atom stereocenters. The first-order chi connectivity index (χ1) is 14.3. The van der Waals surface area contributed by atoms with Gasteiger partial charge in [-0.3, -0.25) is 18.7 Å². The summed E-state index contributed by atoms with van der Waals surface area (Å²) in [5.74, 6) is 0.184. The molecule has 0 fully saturated rings. The average Bonchev–Trinajstić information content (AvgIpc) is 2.77. The number of ether oxygens (including phenoxy) is 1. The second kappa shape index (κ2) is 8.79. The minimum Gasteiger partial charge on any atom is -0.497 e. The molecule has 0 spiro atoms. The van der Waals surface area contributed by atoms with Gasteiger partial charge < -0.3 is 15.8 Å². The molecular formula is C22H25N4O4+. The van der Waals surface area contributed by atoms with Crippen LogP contribution in [0.15, 0.2) is 64.2 Å². The minimum atomic E-state index is -0.685. The van der Waals surface area contributed by atoms with Gasteiger partial charge in [0, 0.05) is 25.2 Å². The van der Waals surface area contributed by atoms with Crippen molar-refractivity contribution >= 4 is 11.6 Å². The third-order valence-electron chi connectivity index (χ3n) is 5.16. The first kappa shape index (κ1) is 21.1. The topological polar surface area (TPSA) is 113 Å². The fourth-order valence-electron chi connectivity index (χ4n) is 3.39. The predicted octanol–water partition coefficient (Wildman–Crippen LogP) is 0.211. The largest absolute Gasteiger partial charge is 0.497 e. The van der Waals surface area contributed by atoms with Gasteiger partial charge in [-0.15, -0.1) is 0 Å². The summed E-state index contributed by atoms with van der Waals surface area (Å²) in [6, 6.07) is 17.2. The molecular weight excluding hydrogens is 384 g/mol. The van der Waals surface area contributed by atoms with Gasteiger partial charge in [-0.05, 0) is 24.3 Å². The van der Waals surface area contributed by atoms with Crippen molar-refractivity contribution in [2.75, 3.05) is 19.4 Å². The van der Waals surface area contributed by atoms with E-state index in [4.69, 9.17) is 10.5 Å². The SMILES string of the molecule is COc1ccc([C@@H]([NH2+]CC(=O)c2c(N)n(C)c(=O)n(C)c2=O)c2ccccc2)cc1. The molecule has 0 radical (unpaired) electrons. The number of ketones is 1. The van der Waals surface area contributed by atoms with Crippen LogP contribution in [0, 0.1) is 0 Å². The molecule has 0 saturated heterocycles. The van der Waals surface area contributed by atoms with E-state index in [9.17, 15) is 14.4 Å². The number of nitrogens with zero attached hydrogens (tertiary/aromatic N) is 2. The van der Waals surface area contributed by atoms with Crippen LogP contribution in [0.2, 0.25) is 0 Å². The van der Waals surface area contributed by atoms with E-state index < -0.39 is 17.0 Å². The molecule has 3 aromatic rings. The molecule has 3 rings (SSSR count). The number of Topliss-reactive ketones (excluding diaryl/α,β-unsaturated/α-hetero) is 1.